The van der Waals surface area contributed by atoms with Gasteiger partial charge in [0.2, 0.25) is 0 Å². The topological polar surface area (TPSA) is 101 Å². The van der Waals surface area contributed by atoms with Gasteiger partial charge in [0.25, 0.3) is 5.69 Å². The molecule has 0 aliphatic rings. The van der Waals surface area contributed by atoms with E-state index in [4.69, 9.17) is 10.2 Å². The van der Waals surface area contributed by atoms with E-state index in [2.05, 4.69) is 0 Å². The molecule has 0 saturated heterocycles. The molecule has 0 aliphatic carbocycles. The molecule has 0 spiro atoms. The third-order valence-electron chi connectivity index (χ3n) is 2.25. The van der Waals surface area contributed by atoms with Crippen molar-refractivity contribution in [1.29, 1.82) is 0 Å². The molecule has 6 nitrogen and oxygen atoms in total. The van der Waals surface area contributed by atoms with Crippen LogP contribution in [0.2, 0.25) is 0 Å². The molecule has 1 rings (SSSR count). The van der Waals surface area contributed by atoms with Gasteiger partial charge in [-0.3, -0.25) is 14.9 Å². The Kier molecular flexibility index (Phi) is 5.01. The number of carboxylic acid groups (broad SMARTS) is 1. The number of aliphatic hydroxyl groups excluding tert-OH is 1. The summed E-state index contributed by atoms with van der Waals surface area (Å²) in [6, 6.07) is 4.37. The van der Waals surface area contributed by atoms with Crippen LogP contribution in [0.25, 0.3) is 6.08 Å². The Hall–Kier alpha value is -2.21. The van der Waals surface area contributed by atoms with Crippen LogP contribution >= 0.6 is 0 Å². The lowest BCUT2D eigenvalue weighted by Gasteiger charge is -2.01. The Balaban J connectivity index is 3.03. The van der Waals surface area contributed by atoms with E-state index in [0.717, 1.165) is 0 Å². The minimum atomic E-state index is -1.11. The highest BCUT2D eigenvalue weighted by Crippen LogP contribution is 2.21. The smallest absolute Gasteiger partial charge is 0.308 e. The molecule has 0 amide bonds. The second-order valence-electron chi connectivity index (χ2n) is 3.63. The number of nitro groups is 1. The zero-order valence-corrected chi connectivity index (χ0v) is 9.57. The molecule has 0 aliphatic heterocycles. The fourth-order valence-electron chi connectivity index (χ4n) is 1.46. The van der Waals surface area contributed by atoms with Crippen LogP contribution in [-0.2, 0) is 11.2 Å². The van der Waals surface area contributed by atoms with E-state index in [9.17, 15) is 14.9 Å². The second kappa shape index (κ2) is 6.51. The van der Waals surface area contributed by atoms with Crippen molar-refractivity contribution in [2.24, 2.45) is 0 Å². The molecule has 18 heavy (non-hydrogen) atoms. The first-order valence-corrected chi connectivity index (χ1v) is 5.31. The third-order valence-corrected chi connectivity index (χ3v) is 2.25. The molecule has 96 valence electrons. The first-order valence-electron chi connectivity index (χ1n) is 5.31. The molecule has 1 aromatic carbocycles. The van der Waals surface area contributed by atoms with Gasteiger partial charge in [-0.1, -0.05) is 24.3 Å². The minimum Gasteiger partial charge on any atom is -0.481 e. The van der Waals surface area contributed by atoms with Crippen molar-refractivity contribution >= 4 is 17.7 Å². The first-order chi connectivity index (χ1) is 8.54. The van der Waals surface area contributed by atoms with Crippen LogP contribution < -0.4 is 0 Å². The van der Waals surface area contributed by atoms with Gasteiger partial charge < -0.3 is 10.2 Å². The molecule has 0 bridgehead atoms. The highest BCUT2D eigenvalue weighted by molar-refractivity contribution is 5.72. The summed E-state index contributed by atoms with van der Waals surface area (Å²) in [6.07, 6.45) is 3.42. The molecule has 0 unspecified atom stereocenters. The van der Waals surface area contributed by atoms with E-state index in [1.807, 2.05) is 0 Å². The predicted molar refractivity (Wildman–Crippen MR) is 65.2 cm³/mol. The highest BCUT2D eigenvalue weighted by atomic mass is 16.6. The number of hydrogen-bond acceptors (Lipinski definition) is 4. The minimum absolute atomic E-state index is 0.00961. The summed E-state index contributed by atoms with van der Waals surface area (Å²) in [6.45, 7) is 0.00961. The van der Waals surface area contributed by atoms with Crippen molar-refractivity contribution in [1.82, 2.24) is 0 Å². The number of benzene rings is 1. The number of rotatable bonds is 6. The maximum atomic E-state index is 10.8. The summed E-state index contributed by atoms with van der Waals surface area (Å²) in [5, 5.41) is 28.1. The zero-order valence-electron chi connectivity index (χ0n) is 9.57. The summed E-state index contributed by atoms with van der Waals surface area (Å²) in [7, 11) is 0. The lowest BCUT2D eigenvalue weighted by atomic mass is 10.1. The van der Waals surface area contributed by atoms with Gasteiger partial charge in [-0.2, -0.15) is 0 Å². The molecular weight excluding hydrogens is 238 g/mol. The first kappa shape index (κ1) is 13.9. The fourth-order valence-corrected chi connectivity index (χ4v) is 1.46. The molecular formula is C12H13NO5. The summed E-state index contributed by atoms with van der Waals surface area (Å²) < 4.78 is 0. The van der Waals surface area contributed by atoms with E-state index in [1.54, 1.807) is 18.2 Å². The van der Waals surface area contributed by atoms with Crippen LogP contribution in [0, 0.1) is 10.1 Å². The normalized spacial score (nSPS) is 10.7. The van der Waals surface area contributed by atoms with Gasteiger partial charge in [0.05, 0.1) is 11.3 Å². The fraction of sp³-hybridized carbons (Fsp3) is 0.250. The molecule has 0 atom stereocenters. The quantitative estimate of drug-likeness (QED) is 0.591. The van der Waals surface area contributed by atoms with Crippen molar-refractivity contribution in [3.63, 3.8) is 0 Å². The van der Waals surface area contributed by atoms with Gasteiger partial charge in [-0.25, -0.2) is 0 Å². The average molecular weight is 251 g/mol. The molecule has 0 fully saturated rings. The van der Waals surface area contributed by atoms with Crippen LogP contribution in [0.5, 0.6) is 0 Å². The van der Waals surface area contributed by atoms with E-state index in [0.29, 0.717) is 12.0 Å². The van der Waals surface area contributed by atoms with Gasteiger partial charge >= 0.3 is 5.97 Å². The zero-order chi connectivity index (χ0) is 13.5. The van der Waals surface area contributed by atoms with E-state index < -0.39 is 10.9 Å². The van der Waals surface area contributed by atoms with Crippen molar-refractivity contribution < 1.29 is 19.9 Å². The SMILES string of the molecule is O=C(O)Cc1ccc(C=CCCO)cc1[N+](=O)[O-]. The van der Waals surface area contributed by atoms with Crippen molar-refractivity contribution in [2.75, 3.05) is 6.61 Å². The summed E-state index contributed by atoms with van der Waals surface area (Å²) >= 11 is 0. The van der Waals surface area contributed by atoms with Crippen LogP contribution in [0.1, 0.15) is 17.5 Å². The Labute approximate surface area is 103 Å². The Morgan fingerprint density at radius 1 is 1.44 bits per heavy atom. The number of carboxylic acids is 1. The molecule has 0 heterocycles. The lowest BCUT2D eigenvalue weighted by molar-refractivity contribution is -0.385. The largest absolute Gasteiger partial charge is 0.481 e. The molecule has 0 aromatic heterocycles. The number of aliphatic hydroxyl groups is 1. The average Bonchev–Trinajstić information content (AvgIpc) is 2.30. The number of nitrogens with zero attached hydrogens (tertiary/aromatic N) is 1. The van der Waals surface area contributed by atoms with Crippen LogP contribution in [0.4, 0.5) is 5.69 Å². The number of hydrogen-bond donors (Lipinski definition) is 2. The van der Waals surface area contributed by atoms with Gasteiger partial charge in [0.15, 0.2) is 0 Å². The number of nitro benzene ring substituents is 1. The Morgan fingerprint density at radius 2 is 2.17 bits per heavy atom. The molecule has 0 radical (unpaired) electrons. The Morgan fingerprint density at radius 3 is 2.72 bits per heavy atom. The maximum Gasteiger partial charge on any atom is 0.308 e. The van der Waals surface area contributed by atoms with Gasteiger partial charge in [0, 0.05) is 18.2 Å². The lowest BCUT2D eigenvalue weighted by Crippen LogP contribution is -2.03. The van der Waals surface area contributed by atoms with E-state index in [1.165, 1.54) is 12.1 Å². The second-order valence-corrected chi connectivity index (χ2v) is 3.63. The molecule has 6 heteroatoms. The predicted octanol–water partition coefficient (Wildman–Crippen LogP) is 1.62. The molecule has 0 saturated carbocycles. The summed E-state index contributed by atoms with van der Waals surface area (Å²) in [5.74, 6) is -1.11. The van der Waals surface area contributed by atoms with Crippen LogP contribution in [-0.4, -0.2) is 27.7 Å². The van der Waals surface area contributed by atoms with Crippen LogP contribution in [0.15, 0.2) is 24.3 Å². The van der Waals surface area contributed by atoms with Gasteiger partial charge in [0.1, 0.15) is 0 Å². The monoisotopic (exact) mass is 251 g/mol. The summed E-state index contributed by atoms with van der Waals surface area (Å²) in [4.78, 5) is 20.8. The van der Waals surface area contributed by atoms with Crippen molar-refractivity contribution in [2.45, 2.75) is 12.8 Å². The summed E-state index contributed by atoms with van der Waals surface area (Å²) in [5.41, 5.74) is 0.569. The van der Waals surface area contributed by atoms with Crippen LogP contribution in [0.3, 0.4) is 0 Å². The van der Waals surface area contributed by atoms with Gasteiger partial charge in [-0.15, -0.1) is 0 Å². The van der Waals surface area contributed by atoms with Crippen molar-refractivity contribution in [3.05, 3.63) is 45.5 Å². The third kappa shape index (κ3) is 3.99. The molecule has 1 aromatic rings. The highest BCUT2D eigenvalue weighted by Gasteiger charge is 2.16. The number of aliphatic carboxylic acids is 1. The Bertz CT molecular complexity index is 481. The number of carbonyl (C=O) groups is 1. The maximum absolute atomic E-state index is 10.8. The van der Waals surface area contributed by atoms with Gasteiger partial charge in [-0.05, 0) is 12.0 Å². The van der Waals surface area contributed by atoms with E-state index >= 15 is 0 Å². The standard InChI is InChI=1S/C12H13NO5/c14-6-2-1-3-9-4-5-10(8-12(15)16)11(7-9)13(17)18/h1,3-5,7,14H,2,6,8H2,(H,15,16). The van der Waals surface area contributed by atoms with Crippen molar-refractivity contribution in [3.8, 4) is 0 Å². The molecule has 2 N–H and O–H groups in total. The van der Waals surface area contributed by atoms with E-state index in [-0.39, 0.29) is 24.3 Å².